The second-order valence-electron chi connectivity index (χ2n) is 9.16. The van der Waals surface area contributed by atoms with Crippen molar-refractivity contribution in [3.05, 3.63) is 70.7 Å². The number of halogens is 1. The number of hydrogen-bond donors (Lipinski definition) is 0. The van der Waals surface area contributed by atoms with Gasteiger partial charge >= 0.3 is 16.2 Å². The summed E-state index contributed by atoms with van der Waals surface area (Å²) in [5.74, 6) is -0.185. The topological polar surface area (TPSA) is 76.5 Å². The summed E-state index contributed by atoms with van der Waals surface area (Å²) in [6.07, 6.45) is 2.60. The van der Waals surface area contributed by atoms with Crippen LogP contribution in [0.25, 0.3) is 0 Å². The minimum Gasteiger partial charge on any atom is -0.308 e. The molecule has 2 aliphatic heterocycles. The molecule has 2 aliphatic rings. The smallest absolute Gasteiger partial charge is 0.308 e. The molecule has 0 N–H and O–H groups in total. The maximum absolute atomic E-state index is 13.8. The largest absolute Gasteiger partial charge is 0.355 e. The van der Waals surface area contributed by atoms with Gasteiger partial charge in [-0.25, -0.2) is 14.1 Å². The molecular formula is C25H32ClN5O3S. The van der Waals surface area contributed by atoms with Crippen molar-refractivity contribution in [1.82, 2.24) is 18.5 Å². The van der Waals surface area contributed by atoms with Crippen molar-refractivity contribution in [2.24, 2.45) is 5.10 Å². The number of rotatable bonds is 7. The predicted octanol–water partition coefficient (Wildman–Crippen LogP) is 3.86. The Morgan fingerprint density at radius 1 is 1.00 bits per heavy atom. The normalized spacial score (nSPS) is 19.1. The fourth-order valence-electron chi connectivity index (χ4n) is 4.41. The molecule has 0 radical (unpaired) electrons. The van der Waals surface area contributed by atoms with Crippen LogP contribution < -0.4 is 0 Å². The fraction of sp³-hybridized carbons (Fsp3) is 0.440. The van der Waals surface area contributed by atoms with Gasteiger partial charge in [0.25, 0.3) is 0 Å². The van der Waals surface area contributed by atoms with Gasteiger partial charge in [-0.05, 0) is 50.2 Å². The van der Waals surface area contributed by atoms with Gasteiger partial charge in [0.05, 0.1) is 18.8 Å². The summed E-state index contributed by atoms with van der Waals surface area (Å²) in [4.78, 5) is 15.6. The molecule has 1 unspecified atom stereocenters. The van der Waals surface area contributed by atoms with Gasteiger partial charge in [0.15, 0.2) is 0 Å². The Hall–Kier alpha value is -2.46. The van der Waals surface area contributed by atoms with Gasteiger partial charge in [-0.3, -0.25) is 0 Å². The number of carbonyl (C=O) groups is 1. The number of hydrazone groups is 1. The van der Waals surface area contributed by atoms with Gasteiger partial charge in [0, 0.05) is 30.6 Å². The highest BCUT2D eigenvalue weighted by Gasteiger charge is 2.40. The van der Waals surface area contributed by atoms with Gasteiger partial charge in [-0.1, -0.05) is 60.5 Å². The van der Waals surface area contributed by atoms with Crippen LogP contribution in [0.15, 0.2) is 59.7 Å². The third-order valence-corrected chi connectivity index (χ3v) is 8.53. The van der Waals surface area contributed by atoms with E-state index in [0.29, 0.717) is 30.4 Å². The Bertz CT molecular complexity index is 1150. The van der Waals surface area contributed by atoms with Gasteiger partial charge < -0.3 is 4.90 Å². The van der Waals surface area contributed by atoms with Gasteiger partial charge in [-0.15, -0.1) is 0 Å². The molecule has 0 bridgehead atoms. The first-order valence-corrected chi connectivity index (χ1v) is 13.7. The van der Waals surface area contributed by atoms with E-state index in [1.807, 2.05) is 61.5 Å². The molecule has 0 aliphatic carbocycles. The molecule has 0 aromatic heterocycles. The Kier molecular flexibility index (Phi) is 8.11. The molecule has 188 valence electrons. The summed E-state index contributed by atoms with van der Waals surface area (Å²) in [6.45, 7) is 1.60. The number of hydrogen-bond acceptors (Lipinski definition) is 5. The SMILES string of the molecule is CN(C)CCN(C(=O)N1CC(c2ccccc2)C(c2ccc(Cl)cc2)=N1)S(=O)(=O)N1CCCCC1. The maximum Gasteiger partial charge on any atom is 0.355 e. The average molecular weight is 518 g/mol. The zero-order valence-corrected chi connectivity index (χ0v) is 21.7. The van der Waals surface area contributed by atoms with Crippen LogP contribution in [0.3, 0.4) is 0 Å². The van der Waals surface area contributed by atoms with Crippen LogP contribution in [-0.2, 0) is 10.2 Å². The maximum atomic E-state index is 13.8. The number of urea groups is 1. The van der Waals surface area contributed by atoms with E-state index in [1.54, 1.807) is 12.1 Å². The van der Waals surface area contributed by atoms with Crippen molar-refractivity contribution >= 4 is 33.6 Å². The van der Waals surface area contributed by atoms with Crippen molar-refractivity contribution in [1.29, 1.82) is 0 Å². The summed E-state index contributed by atoms with van der Waals surface area (Å²) in [5.41, 5.74) is 2.57. The summed E-state index contributed by atoms with van der Waals surface area (Å²) < 4.78 is 29.5. The van der Waals surface area contributed by atoms with Crippen LogP contribution in [0.2, 0.25) is 5.02 Å². The average Bonchev–Trinajstić information content (AvgIpc) is 3.31. The van der Waals surface area contributed by atoms with E-state index >= 15 is 0 Å². The standard InChI is InChI=1S/C25H32ClN5O3S/c1-28(2)17-18-31(35(33,34)29-15-7-4-8-16-29)25(32)30-19-23(20-9-5-3-6-10-20)24(27-30)21-11-13-22(26)14-12-21/h3,5-6,9-14,23H,4,7-8,15-19H2,1-2H3. The molecule has 35 heavy (non-hydrogen) atoms. The zero-order chi connectivity index (χ0) is 25.0. The van der Waals surface area contributed by atoms with Crippen LogP contribution in [-0.4, -0.2) is 85.5 Å². The van der Waals surface area contributed by atoms with E-state index in [1.165, 1.54) is 9.31 Å². The molecule has 2 heterocycles. The van der Waals surface area contributed by atoms with Crippen molar-refractivity contribution < 1.29 is 13.2 Å². The lowest BCUT2D eigenvalue weighted by Gasteiger charge is -2.33. The van der Waals surface area contributed by atoms with Crippen LogP contribution in [0.5, 0.6) is 0 Å². The van der Waals surface area contributed by atoms with Crippen molar-refractivity contribution in [3.8, 4) is 0 Å². The Labute approximate surface area is 212 Å². The van der Waals surface area contributed by atoms with Crippen LogP contribution in [0.1, 0.15) is 36.3 Å². The summed E-state index contributed by atoms with van der Waals surface area (Å²) in [7, 11) is -0.253. The lowest BCUT2D eigenvalue weighted by Crippen LogP contribution is -2.53. The molecule has 1 fully saturated rings. The van der Waals surface area contributed by atoms with Crippen LogP contribution in [0, 0.1) is 0 Å². The van der Waals surface area contributed by atoms with E-state index in [9.17, 15) is 13.2 Å². The van der Waals surface area contributed by atoms with Crippen molar-refractivity contribution in [2.45, 2.75) is 25.2 Å². The number of benzene rings is 2. The molecule has 10 heteroatoms. The summed E-state index contributed by atoms with van der Waals surface area (Å²) >= 11 is 6.09. The lowest BCUT2D eigenvalue weighted by molar-refractivity contribution is 0.176. The fourth-order valence-corrected chi connectivity index (χ4v) is 6.14. The quantitative estimate of drug-likeness (QED) is 0.559. The summed E-state index contributed by atoms with van der Waals surface area (Å²) in [5, 5.41) is 6.59. The van der Waals surface area contributed by atoms with Crippen LogP contribution in [0.4, 0.5) is 4.79 Å². The number of carbonyl (C=O) groups excluding carboxylic acids is 1. The molecule has 0 spiro atoms. The molecule has 2 amide bonds. The first-order chi connectivity index (χ1) is 16.8. The Morgan fingerprint density at radius 2 is 1.66 bits per heavy atom. The zero-order valence-electron chi connectivity index (χ0n) is 20.2. The highest BCUT2D eigenvalue weighted by molar-refractivity contribution is 7.87. The second kappa shape index (κ2) is 11.1. The van der Waals surface area contributed by atoms with Gasteiger partial charge in [-0.2, -0.15) is 17.8 Å². The molecular weight excluding hydrogens is 486 g/mol. The minimum absolute atomic E-state index is 0.0585. The van der Waals surface area contributed by atoms with E-state index in [-0.39, 0.29) is 19.0 Å². The Morgan fingerprint density at radius 3 is 2.29 bits per heavy atom. The van der Waals surface area contributed by atoms with Crippen molar-refractivity contribution in [3.63, 3.8) is 0 Å². The molecule has 8 nitrogen and oxygen atoms in total. The number of piperidine rings is 1. The molecule has 2 aromatic carbocycles. The minimum atomic E-state index is -3.96. The highest BCUT2D eigenvalue weighted by Crippen LogP contribution is 2.30. The van der Waals surface area contributed by atoms with E-state index in [0.717, 1.165) is 34.7 Å². The number of nitrogens with zero attached hydrogens (tertiary/aromatic N) is 5. The predicted molar refractivity (Wildman–Crippen MR) is 139 cm³/mol. The Balaban J connectivity index is 1.68. The van der Waals surface area contributed by atoms with Gasteiger partial charge in [0.1, 0.15) is 0 Å². The first-order valence-electron chi connectivity index (χ1n) is 11.9. The summed E-state index contributed by atoms with van der Waals surface area (Å²) in [6, 6.07) is 16.5. The van der Waals surface area contributed by atoms with Gasteiger partial charge in [0.2, 0.25) is 0 Å². The number of amides is 2. The highest BCUT2D eigenvalue weighted by atomic mass is 35.5. The molecule has 0 saturated carbocycles. The third kappa shape index (κ3) is 5.86. The number of likely N-dealkylation sites (N-methyl/N-ethyl adjacent to an activating group) is 1. The molecule has 4 rings (SSSR count). The van der Waals surface area contributed by atoms with E-state index in [4.69, 9.17) is 11.6 Å². The molecule has 2 aromatic rings. The second-order valence-corrected chi connectivity index (χ2v) is 11.5. The van der Waals surface area contributed by atoms with E-state index < -0.39 is 16.2 Å². The monoisotopic (exact) mass is 517 g/mol. The lowest BCUT2D eigenvalue weighted by atomic mass is 9.91. The van der Waals surface area contributed by atoms with E-state index in [2.05, 4.69) is 5.10 Å². The first kappa shape index (κ1) is 25.6. The van der Waals surface area contributed by atoms with Crippen molar-refractivity contribution in [2.75, 3.05) is 46.8 Å². The van der Waals surface area contributed by atoms with Crippen LogP contribution >= 0.6 is 11.6 Å². The third-order valence-electron chi connectivity index (χ3n) is 6.36. The molecule has 1 saturated heterocycles. The molecule has 1 atom stereocenters.